The summed E-state index contributed by atoms with van der Waals surface area (Å²) in [6, 6.07) is 13.4. The maximum Gasteiger partial charge on any atom is 0.228 e. The number of hydrogen-bond donors (Lipinski definition) is 1. The smallest absolute Gasteiger partial charge is 0.228 e. The number of amides is 1. The third-order valence-electron chi connectivity index (χ3n) is 3.48. The van der Waals surface area contributed by atoms with Gasteiger partial charge in [0.2, 0.25) is 5.91 Å². The zero-order valence-corrected chi connectivity index (χ0v) is 12.6. The molecule has 0 unspecified atom stereocenters. The van der Waals surface area contributed by atoms with E-state index in [4.69, 9.17) is 9.47 Å². The average molecular weight is 297 g/mol. The Morgan fingerprint density at radius 1 is 1.09 bits per heavy atom. The summed E-state index contributed by atoms with van der Waals surface area (Å²) < 4.78 is 11.2. The van der Waals surface area contributed by atoms with Crippen LogP contribution in [0.25, 0.3) is 0 Å². The highest BCUT2D eigenvalue weighted by atomic mass is 16.5. The van der Waals surface area contributed by atoms with E-state index in [1.807, 2.05) is 49.4 Å². The molecule has 1 aliphatic heterocycles. The minimum absolute atomic E-state index is 0.0416. The van der Waals surface area contributed by atoms with Gasteiger partial charge in [0.15, 0.2) is 11.5 Å². The molecule has 22 heavy (non-hydrogen) atoms. The highest BCUT2D eigenvalue weighted by Gasteiger charge is 2.12. The number of nitrogens with one attached hydrogen (secondary N) is 1. The first-order valence-corrected chi connectivity index (χ1v) is 7.46. The van der Waals surface area contributed by atoms with Gasteiger partial charge in [-0.2, -0.15) is 0 Å². The fourth-order valence-electron chi connectivity index (χ4n) is 2.45. The minimum atomic E-state index is -0.0416. The Balaban J connectivity index is 1.67. The molecule has 2 aromatic rings. The van der Waals surface area contributed by atoms with Crippen molar-refractivity contribution in [1.82, 2.24) is 0 Å². The first-order chi connectivity index (χ1) is 10.7. The van der Waals surface area contributed by atoms with Crippen LogP contribution in [0, 0.1) is 6.92 Å². The number of benzene rings is 2. The zero-order valence-electron chi connectivity index (χ0n) is 12.6. The second-order valence-corrected chi connectivity index (χ2v) is 5.43. The van der Waals surface area contributed by atoms with Gasteiger partial charge in [-0.1, -0.05) is 29.8 Å². The number of aryl methyl sites for hydroxylation is 1. The van der Waals surface area contributed by atoms with Gasteiger partial charge in [-0.15, -0.1) is 0 Å². The van der Waals surface area contributed by atoms with E-state index >= 15 is 0 Å². The number of hydrogen-bond acceptors (Lipinski definition) is 3. The molecule has 114 valence electrons. The van der Waals surface area contributed by atoms with Crippen molar-refractivity contribution in [2.45, 2.75) is 19.8 Å². The minimum Gasteiger partial charge on any atom is -0.490 e. The lowest BCUT2D eigenvalue weighted by Crippen LogP contribution is -2.14. The number of fused-ring (bicyclic) bond motifs is 1. The topological polar surface area (TPSA) is 47.6 Å². The molecule has 0 bridgehead atoms. The highest BCUT2D eigenvalue weighted by Crippen LogP contribution is 2.32. The van der Waals surface area contributed by atoms with Gasteiger partial charge in [0.25, 0.3) is 0 Å². The Hall–Kier alpha value is -2.49. The molecule has 3 rings (SSSR count). The molecular formula is C18H19NO3. The fraction of sp³-hybridized carbons (Fsp3) is 0.278. The van der Waals surface area contributed by atoms with Crippen molar-refractivity contribution in [3.63, 3.8) is 0 Å². The third kappa shape index (κ3) is 3.58. The maximum atomic E-state index is 12.1. The Morgan fingerprint density at radius 3 is 2.73 bits per heavy atom. The molecule has 0 aliphatic carbocycles. The molecule has 0 fully saturated rings. The summed E-state index contributed by atoms with van der Waals surface area (Å²) in [6.45, 7) is 3.31. The molecular weight excluding hydrogens is 278 g/mol. The van der Waals surface area contributed by atoms with Crippen molar-refractivity contribution >= 4 is 11.6 Å². The van der Waals surface area contributed by atoms with Crippen LogP contribution in [0.5, 0.6) is 11.5 Å². The van der Waals surface area contributed by atoms with Gasteiger partial charge < -0.3 is 14.8 Å². The van der Waals surface area contributed by atoms with Crippen LogP contribution < -0.4 is 14.8 Å². The molecule has 0 radical (unpaired) electrons. The van der Waals surface area contributed by atoms with E-state index in [-0.39, 0.29) is 5.91 Å². The predicted octanol–water partition coefficient (Wildman–Crippen LogP) is 3.34. The molecule has 0 saturated heterocycles. The number of ether oxygens (including phenoxy) is 2. The van der Waals surface area contributed by atoms with E-state index in [1.54, 1.807) is 0 Å². The lowest BCUT2D eigenvalue weighted by molar-refractivity contribution is -0.115. The molecule has 1 amide bonds. The number of anilines is 1. The molecule has 1 aliphatic rings. The number of carbonyl (C=O) groups excluding carboxylic acids is 1. The van der Waals surface area contributed by atoms with Crippen LogP contribution in [-0.4, -0.2) is 19.1 Å². The zero-order chi connectivity index (χ0) is 15.4. The van der Waals surface area contributed by atoms with E-state index in [2.05, 4.69) is 5.32 Å². The Labute approximate surface area is 130 Å². The first kappa shape index (κ1) is 14.4. The predicted molar refractivity (Wildman–Crippen MR) is 85.6 cm³/mol. The average Bonchev–Trinajstić information content (AvgIpc) is 2.72. The van der Waals surface area contributed by atoms with E-state index in [9.17, 15) is 4.79 Å². The highest BCUT2D eigenvalue weighted by molar-refractivity contribution is 5.92. The van der Waals surface area contributed by atoms with Gasteiger partial charge in [-0.05, 0) is 24.6 Å². The second kappa shape index (κ2) is 6.52. The molecule has 4 nitrogen and oxygen atoms in total. The van der Waals surface area contributed by atoms with Crippen LogP contribution in [0.1, 0.15) is 17.5 Å². The van der Waals surface area contributed by atoms with E-state index < -0.39 is 0 Å². The van der Waals surface area contributed by atoms with Crippen LogP contribution >= 0.6 is 0 Å². The number of carbonyl (C=O) groups is 1. The Bertz CT molecular complexity index is 682. The van der Waals surface area contributed by atoms with Crippen molar-refractivity contribution in [3.05, 3.63) is 53.6 Å². The van der Waals surface area contributed by atoms with Crippen LogP contribution in [0.4, 0.5) is 5.69 Å². The second-order valence-electron chi connectivity index (χ2n) is 5.43. The lowest BCUT2D eigenvalue weighted by atomic mass is 10.1. The van der Waals surface area contributed by atoms with Crippen molar-refractivity contribution in [3.8, 4) is 11.5 Å². The largest absolute Gasteiger partial charge is 0.490 e. The van der Waals surface area contributed by atoms with Gasteiger partial charge >= 0.3 is 0 Å². The molecule has 1 N–H and O–H groups in total. The Kier molecular flexibility index (Phi) is 4.28. The van der Waals surface area contributed by atoms with E-state index in [1.165, 1.54) is 0 Å². The van der Waals surface area contributed by atoms with Crippen LogP contribution in [0.3, 0.4) is 0 Å². The summed E-state index contributed by atoms with van der Waals surface area (Å²) in [4.78, 5) is 12.1. The monoisotopic (exact) mass is 297 g/mol. The van der Waals surface area contributed by atoms with E-state index in [0.717, 1.165) is 29.0 Å². The van der Waals surface area contributed by atoms with Crippen LogP contribution in [0.2, 0.25) is 0 Å². The first-order valence-electron chi connectivity index (χ1n) is 7.46. The summed E-state index contributed by atoms with van der Waals surface area (Å²) in [7, 11) is 0. The number of rotatable bonds is 3. The Morgan fingerprint density at radius 2 is 1.91 bits per heavy atom. The van der Waals surface area contributed by atoms with Gasteiger partial charge in [0.1, 0.15) is 0 Å². The quantitative estimate of drug-likeness (QED) is 0.945. The summed E-state index contributed by atoms with van der Waals surface area (Å²) in [5, 5.41) is 2.91. The summed E-state index contributed by atoms with van der Waals surface area (Å²) in [6.07, 6.45) is 1.22. The van der Waals surface area contributed by atoms with Gasteiger partial charge in [0, 0.05) is 18.2 Å². The summed E-state index contributed by atoms with van der Waals surface area (Å²) in [5.41, 5.74) is 2.88. The summed E-state index contributed by atoms with van der Waals surface area (Å²) in [5.74, 6) is 1.38. The van der Waals surface area contributed by atoms with Gasteiger partial charge in [-0.25, -0.2) is 0 Å². The fourth-order valence-corrected chi connectivity index (χ4v) is 2.45. The summed E-state index contributed by atoms with van der Waals surface area (Å²) >= 11 is 0. The van der Waals surface area contributed by atoms with Crippen LogP contribution in [-0.2, 0) is 11.2 Å². The molecule has 0 atom stereocenters. The van der Waals surface area contributed by atoms with Crippen molar-refractivity contribution in [1.29, 1.82) is 0 Å². The molecule has 1 heterocycles. The van der Waals surface area contributed by atoms with E-state index in [0.29, 0.717) is 25.4 Å². The van der Waals surface area contributed by atoms with Crippen molar-refractivity contribution < 1.29 is 14.3 Å². The van der Waals surface area contributed by atoms with Crippen LogP contribution in [0.15, 0.2) is 42.5 Å². The van der Waals surface area contributed by atoms with Crippen molar-refractivity contribution in [2.24, 2.45) is 0 Å². The van der Waals surface area contributed by atoms with Gasteiger partial charge in [0.05, 0.1) is 19.6 Å². The normalized spacial score (nSPS) is 13.3. The standard InChI is InChI=1S/C18H19NO3/c1-13-4-2-5-14(10-13)11-18(20)19-15-6-7-16-17(12-15)22-9-3-8-21-16/h2,4-7,10,12H,3,8-9,11H2,1H3,(H,19,20). The molecule has 2 aromatic carbocycles. The molecule has 0 spiro atoms. The third-order valence-corrected chi connectivity index (χ3v) is 3.48. The van der Waals surface area contributed by atoms with Gasteiger partial charge in [-0.3, -0.25) is 4.79 Å². The maximum absolute atomic E-state index is 12.1. The SMILES string of the molecule is Cc1cccc(CC(=O)Nc2ccc3c(c2)OCCCO3)c1. The molecule has 4 heteroatoms. The lowest BCUT2D eigenvalue weighted by Gasteiger charge is -2.10. The molecule has 0 aromatic heterocycles. The van der Waals surface area contributed by atoms with Crippen molar-refractivity contribution in [2.75, 3.05) is 18.5 Å². The molecule has 0 saturated carbocycles.